The van der Waals surface area contributed by atoms with E-state index in [1.54, 1.807) is 19.2 Å². The number of halogens is 1. The molecule has 166 valence electrons. The Bertz CT molecular complexity index is 914. The fourth-order valence-corrected chi connectivity index (χ4v) is 3.75. The summed E-state index contributed by atoms with van der Waals surface area (Å²) in [6.07, 6.45) is 0.725. The Balaban J connectivity index is 1.87. The minimum absolute atomic E-state index is 0.0452. The predicted octanol–water partition coefficient (Wildman–Crippen LogP) is 3.10. The summed E-state index contributed by atoms with van der Waals surface area (Å²) in [6.45, 7) is 5.08. The van der Waals surface area contributed by atoms with Crippen molar-refractivity contribution >= 4 is 11.8 Å². The van der Waals surface area contributed by atoms with E-state index in [1.165, 1.54) is 12.1 Å². The second-order valence-electron chi connectivity index (χ2n) is 7.88. The Morgan fingerprint density at radius 1 is 1.19 bits per heavy atom. The molecule has 7 heteroatoms. The van der Waals surface area contributed by atoms with Crippen LogP contribution in [0.4, 0.5) is 4.39 Å². The molecule has 31 heavy (non-hydrogen) atoms. The molecule has 0 spiro atoms. The average molecular weight is 429 g/mol. The van der Waals surface area contributed by atoms with Crippen molar-refractivity contribution in [2.45, 2.75) is 26.3 Å². The van der Waals surface area contributed by atoms with E-state index in [4.69, 9.17) is 9.47 Å². The normalized spacial score (nSPS) is 15.5. The Kier molecular flexibility index (Phi) is 7.63. The van der Waals surface area contributed by atoms with Crippen molar-refractivity contribution in [1.82, 2.24) is 10.2 Å². The van der Waals surface area contributed by atoms with Crippen LogP contribution in [0.3, 0.4) is 0 Å². The van der Waals surface area contributed by atoms with Gasteiger partial charge in [0.1, 0.15) is 11.6 Å². The van der Waals surface area contributed by atoms with Gasteiger partial charge in [0, 0.05) is 26.1 Å². The largest absolute Gasteiger partial charge is 0.484 e. The molecular weight excluding hydrogens is 399 g/mol. The molecule has 2 aromatic carbocycles. The number of nitrogens with one attached hydrogen (secondary N) is 1. The van der Waals surface area contributed by atoms with Gasteiger partial charge in [-0.3, -0.25) is 9.59 Å². The maximum Gasteiger partial charge on any atom is 0.258 e. The summed E-state index contributed by atoms with van der Waals surface area (Å²) < 4.78 is 24.1. The summed E-state index contributed by atoms with van der Waals surface area (Å²) in [5.74, 6) is -0.116. The third kappa shape index (κ3) is 5.61. The first-order chi connectivity index (χ1) is 14.9. The fourth-order valence-electron chi connectivity index (χ4n) is 3.75. The van der Waals surface area contributed by atoms with Crippen molar-refractivity contribution in [1.29, 1.82) is 0 Å². The van der Waals surface area contributed by atoms with Gasteiger partial charge in [0.2, 0.25) is 5.91 Å². The van der Waals surface area contributed by atoms with Crippen molar-refractivity contribution in [3.63, 3.8) is 0 Å². The molecular formula is C24H29FN2O4. The second kappa shape index (κ2) is 10.4. The van der Waals surface area contributed by atoms with Crippen molar-refractivity contribution in [3.05, 3.63) is 65.0 Å². The number of carbonyl (C=O) groups excluding carboxylic acids is 2. The number of methoxy groups -OCH3 is 1. The number of ether oxygens (including phenoxy) is 2. The number of rotatable bonds is 8. The number of amides is 2. The number of nitrogens with zero attached hydrogens (tertiary/aromatic N) is 1. The van der Waals surface area contributed by atoms with E-state index >= 15 is 0 Å². The lowest BCUT2D eigenvalue weighted by molar-refractivity contribution is -0.136. The number of hydrogen-bond acceptors (Lipinski definition) is 4. The molecule has 1 heterocycles. The number of hydrogen-bond donors (Lipinski definition) is 1. The highest BCUT2D eigenvalue weighted by molar-refractivity contribution is 5.80. The zero-order chi connectivity index (χ0) is 22.4. The molecule has 2 aromatic rings. The summed E-state index contributed by atoms with van der Waals surface area (Å²) in [5.41, 5.74) is 2.88. The Morgan fingerprint density at radius 2 is 1.94 bits per heavy atom. The molecule has 6 nitrogen and oxygen atoms in total. The SMILES string of the molecule is COCCNC(=O)COc1ccc2c(c1)C(c1ccc(F)cc1)N(C(=O)C(C)C)CC2. The van der Waals surface area contributed by atoms with Crippen LogP contribution in [0.1, 0.15) is 36.6 Å². The van der Waals surface area contributed by atoms with Crippen LogP contribution in [0.15, 0.2) is 42.5 Å². The van der Waals surface area contributed by atoms with Crippen LogP contribution in [0.2, 0.25) is 0 Å². The van der Waals surface area contributed by atoms with E-state index in [0.29, 0.717) is 25.4 Å². The standard InChI is InChI=1S/C24H29FN2O4/c1-16(2)24(29)27-12-10-17-6-9-20(31-15-22(28)26-11-13-30-3)14-21(17)23(27)18-4-7-19(25)8-5-18/h4-9,14,16,23H,10-13,15H2,1-3H3,(H,26,28). The molecule has 0 aliphatic carbocycles. The molecule has 3 rings (SSSR count). The molecule has 2 amide bonds. The highest BCUT2D eigenvalue weighted by Gasteiger charge is 2.33. The molecule has 0 saturated carbocycles. The monoisotopic (exact) mass is 428 g/mol. The lowest BCUT2D eigenvalue weighted by Crippen LogP contribution is -2.42. The third-order valence-electron chi connectivity index (χ3n) is 5.31. The lowest BCUT2D eigenvalue weighted by atomic mass is 9.87. The van der Waals surface area contributed by atoms with Gasteiger partial charge in [0.15, 0.2) is 6.61 Å². The van der Waals surface area contributed by atoms with Crippen LogP contribution in [-0.4, -0.2) is 50.1 Å². The van der Waals surface area contributed by atoms with Gasteiger partial charge >= 0.3 is 0 Å². The zero-order valence-corrected chi connectivity index (χ0v) is 18.2. The summed E-state index contributed by atoms with van der Waals surface area (Å²) in [4.78, 5) is 26.7. The van der Waals surface area contributed by atoms with E-state index in [2.05, 4.69) is 5.32 Å². The van der Waals surface area contributed by atoms with E-state index in [-0.39, 0.29) is 36.2 Å². The molecule has 0 bridgehead atoms. The molecule has 1 atom stereocenters. The van der Waals surface area contributed by atoms with Crippen LogP contribution in [0, 0.1) is 11.7 Å². The first-order valence-electron chi connectivity index (χ1n) is 10.5. The second-order valence-corrected chi connectivity index (χ2v) is 7.88. The molecule has 0 fully saturated rings. The van der Waals surface area contributed by atoms with E-state index in [1.807, 2.05) is 36.9 Å². The number of fused-ring (bicyclic) bond motifs is 1. The van der Waals surface area contributed by atoms with Gasteiger partial charge in [0.05, 0.1) is 12.6 Å². The van der Waals surface area contributed by atoms with Crippen LogP contribution in [0.25, 0.3) is 0 Å². The quantitative estimate of drug-likeness (QED) is 0.656. The Hall–Kier alpha value is -2.93. The first kappa shape index (κ1) is 22.7. The van der Waals surface area contributed by atoms with Gasteiger partial charge in [0.25, 0.3) is 5.91 Å². The van der Waals surface area contributed by atoms with Gasteiger partial charge in [-0.05, 0) is 47.4 Å². The van der Waals surface area contributed by atoms with E-state index in [0.717, 1.165) is 23.1 Å². The third-order valence-corrected chi connectivity index (χ3v) is 5.31. The topological polar surface area (TPSA) is 67.9 Å². The summed E-state index contributed by atoms with van der Waals surface area (Å²) in [7, 11) is 1.57. The van der Waals surface area contributed by atoms with Crippen molar-refractivity contribution in [2.75, 3.05) is 33.4 Å². The van der Waals surface area contributed by atoms with Crippen LogP contribution in [0.5, 0.6) is 5.75 Å². The van der Waals surface area contributed by atoms with Crippen molar-refractivity contribution in [2.24, 2.45) is 5.92 Å². The molecule has 1 aliphatic rings. The van der Waals surface area contributed by atoms with Gasteiger partial charge < -0.3 is 19.7 Å². The van der Waals surface area contributed by atoms with Crippen LogP contribution < -0.4 is 10.1 Å². The molecule has 1 N–H and O–H groups in total. The molecule has 1 unspecified atom stereocenters. The van der Waals surface area contributed by atoms with Gasteiger partial charge in [-0.2, -0.15) is 0 Å². The van der Waals surface area contributed by atoms with Crippen LogP contribution in [-0.2, 0) is 20.7 Å². The maximum atomic E-state index is 13.5. The minimum atomic E-state index is -0.335. The fraction of sp³-hybridized carbons (Fsp3) is 0.417. The van der Waals surface area contributed by atoms with E-state index < -0.39 is 0 Å². The Morgan fingerprint density at radius 3 is 2.61 bits per heavy atom. The molecule has 0 saturated heterocycles. The Labute approximate surface area is 182 Å². The van der Waals surface area contributed by atoms with Crippen LogP contribution >= 0.6 is 0 Å². The summed E-state index contributed by atoms with van der Waals surface area (Å²) >= 11 is 0. The molecule has 0 aromatic heterocycles. The van der Waals surface area contributed by atoms with Crippen molar-refractivity contribution < 1.29 is 23.5 Å². The smallest absolute Gasteiger partial charge is 0.258 e. The minimum Gasteiger partial charge on any atom is -0.484 e. The van der Waals surface area contributed by atoms with Gasteiger partial charge in [-0.1, -0.05) is 32.0 Å². The lowest BCUT2D eigenvalue weighted by Gasteiger charge is -2.39. The van der Waals surface area contributed by atoms with Gasteiger partial charge in [-0.25, -0.2) is 4.39 Å². The highest BCUT2D eigenvalue weighted by Crippen LogP contribution is 2.38. The maximum absolute atomic E-state index is 13.5. The van der Waals surface area contributed by atoms with E-state index in [9.17, 15) is 14.0 Å². The number of carbonyl (C=O) groups is 2. The summed E-state index contributed by atoms with van der Waals surface area (Å²) in [6, 6.07) is 11.6. The zero-order valence-electron chi connectivity index (χ0n) is 18.2. The highest BCUT2D eigenvalue weighted by atomic mass is 19.1. The van der Waals surface area contributed by atoms with Crippen molar-refractivity contribution in [3.8, 4) is 5.75 Å². The average Bonchev–Trinajstić information content (AvgIpc) is 2.77. The van der Waals surface area contributed by atoms with Gasteiger partial charge in [-0.15, -0.1) is 0 Å². The molecule has 1 aliphatic heterocycles. The summed E-state index contributed by atoms with van der Waals surface area (Å²) in [5, 5.41) is 2.71. The predicted molar refractivity (Wildman–Crippen MR) is 115 cm³/mol. The first-order valence-corrected chi connectivity index (χ1v) is 10.5. The number of benzene rings is 2. The molecule has 0 radical (unpaired) electrons.